The zero-order valence-corrected chi connectivity index (χ0v) is 21.4. The molecule has 4 heteroatoms. The average molecular weight is 471 g/mol. The van der Waals surface area contributed by atoms with E-state index in [1.807, 2.05) is 44.2 Å². The fourth-order valence-electron chi connectivity index (χ4n) is 5.05. The summed E-state index contributed by atoms with van der Waals surface area (Å²) in [7, 11) is 0. The SMILES string of the molecule is CCOC(=O)C(C)(CCCN1CCN(c2cccc(-c3cccc(C)c3)c2)CC1)c1ccccc1. The van der Waals surface area contributed by atoms with Crippen LogP contribution in [-0.2, 0) is 14.9 Å². The Hall–Kier alpha value is -3.11. The highest BCUT2D eigenvalue weighted by molar-refractivity contribution is 5.82. The summed E-state index contributed by atoms with van der Waals surface area (Å²) in [6.45, 7) is 11.6. The van der Waals surface area contributed by atoms with Crippen LogP contribution in [0.3, 0.4) is 0 Å². The molecule has 0 radical (unpaired) electrons. The summed E-state index contributed by atoms with van der Waals surface area (Å²) in [5.74, 6) is -0.121. The van der Waals surface area contributed by atoms with E-state index in [9.17, 15) is 4.79 Å². The maximum absolute atomic E-state index is 12.9. The maximum Gasteiger partial charge on any atom is 0.316 e. The fraction of sp³-hybridized carbons (Fsp3) is 0.387. The van der Waals surface area contributed by atoms with Crippen molar-refractivity contribution < 1.29 is 9.53 Å². The van der Waals surface area contributed by atoms with Crippen LogP contribution < -0.4 is 4.90 Å². The van der Waals surface area contributed by atoms with Gasteiger partial charge in [-0.05, 0) is 69.0 Å². The summed E-state index contributed by atoms with van der Waals surface area (Å²) < 4.78 is 5.46. The molecule has 0 aliphatic carbocycles. The van der Waals surface area contributed by atoms with E-state index in [4.69, 9.17) is 4.74 Å². The molecule has 0 N–H and O–H groups in total. The van der Waals surface area contributed by atoms with Crippen molar-refractivity contribution in [2.24, 2.45) is 0 Å². The minimum atomic E-state index is -0.602. The van der Waals surface area contributed by atoms with Crippen LogP contribution in [0.25, 0.3) is 11.1 Å². The van der Waals surface area contributed by atoms with Crippen molar-refractivity contribution in [3.63, 3.8) is 0 Å². The monoisotopic (exact) mass is 470 g/mol. The van der Waals surface area contributed by atoms with Crippen molar-refractivity contribution in [1.29, 1.82) is 0 Å². The van der Waals surface area contributed by atoms with Crippen molar-refractivity contribution in [2.45, 2.75) is 39.0 Å². The van der Waals surface area contributed by atoms with Crippen molar-refractivity contribution in [3.8, 4) is 11.1 Å². The second kappa shape index (κ2) is 11.5. The van der Waals surface area contributed by atoms with E-state index >= 15 is 0 Å². The molecule has 0 bridgehead atoms. The van der Waals surface area contributed by atoms with Crippen molar-refractivity contribution >= 4 is 11.7 Å². The Morgan fingerprint density at radius 2 is 1.57 bits per heavy atom. The summed E-state index contributed by atoms with van der Waals surface area (Å²) in [5, 5.41) is 0. The minimum absolute atomic E-state index is 0.121. The molecule has 35 heavy (non-hydrogen) atoms. The number of carbonyl (C=O) groups excluding carboxylic acids is 1. The lowest BCUT2D eigenvalue weighted by atomic mass is 9.78. The zero-order chi connectivity index (χ0) is 24.7. The molecule has 1 aliphatic heterocycles. The number of ether oxygens (including phenoxy) is 1. The van der Waals surface area contributed by atoms with Crippen LogP contribution in [-0.4, -0.2) is 50.2 Å². The summed E-state index contributed by atoms with van der Waals surface area (Å²) in [6.07, 6.45) is 1.75. The van der Waals surface area contributed by atoms with Gasteiger partial charge in [-0.15, -0.1) is 0 Å². The Bertz CT molecular complexity index is 1110. The molecule has 0 spiro atoms. The van der Waals surface area contributed by atoms with E-state index in [1.165, 1.54) is 22.4 Å². The topological polar surface area (TPSA) is 32.8 Å². The van der Waals surface area contributed by atoms with Crippen LogP contribution >= 0.6 is 0 Å². The zero-order valence-electron chi connectivity index (χ0n) is 21.4. The van der Waals surface area contributed by atoms with Gasteiger partial charge in [-0.25, -0.2) is 0 Å². The van der Waals surface area contributed by atoms with E-state index in [0.717, 1.165) is 51.1 Å². The quantitative estimate of drug-likeness (QED) is 0.355. The largest absolute Gasteiger partial charge is 0.465 e. The highest BCUT2D eigenvalue weighted by Gasteiger charge is 2.36. The highest BCUT2D eigenvalue weighted by atomic mass is 16.5. The molecule has 0 saturated carbocycles. The Balaban J connectivity index is 1.32. The summed E-state index contributed by atoms with van der Waals surface area (Å²) >= 11 is 0. The number of anilines is 1. The third kappa shape index (κ3) is 6.12. The van der Waals surface area contributed by atoms with Gasteiger partial charge < -0.3 is 9.64 Å². The standard InChI is InChI=1S/C31H38N2O2/c1-4-35-30(34)31(3,28-14-6-5-7-15-28)17-10-18-32-19-21-33(22-20-32)29-16-9-13-27(24-29)26-12-8-11-25(2)23-26/h5-9,11-16,23-24H,4,10,17-22H2,1-3H3. The Labute approximate surface area is 210 Å². The van der Waals surface area contributed by atoms with Gasteiger partial charge in [0, 0.05) is 31.9 Å². The smallest absolute Gasteiger partial charge is 0.316 e. The van der Waals surface area contributed by atoms with E-state index in [0.29, 0.717) is 6.61 Å². The van der Waals surface area contributed by atoms with Crippen LogP contribution in [0.5, 0.6) is 0 Å². The molecule has 0 aromatic heterocycles. The Morgan fingerprint density at radius 1 is 0.886 bits per heavy atom. The van der Waals surface area contributed by atoms with Gasteiger partial charge in [0.25, 0.3) is 0 Å². The van der Waals surface area contributed by atoms with E-state index in [2.05, 4.69) is 65.3 Å². The molecule has 1 aliphatic rings. The van der Waals surface area contributed by atoms with Gasteiger partial charge in [-0.3, -0.25) is 9.69 Å². The van der Waals surface area contributed by atoms with Gasteiger partial charge in [0.05, 0.1) is 12.0 Å². The first-order chi connectivity index (χ1) is 17.0. The molecule has 184 valence electrons. The van der Waals surface area contributed by atoms with Crippen molar-refractivity contribution in [1.82, 2.24) is 4.90 Å². The predicted molar refractivity (Wildman–Crippen MR) is 145 cm³/mol. The molecule has 3 aromatic carbocycles. The fourth-order valence-corrected chi connectivity index (χ4v) is 5.05. The molecule has 1 unspecified atom stereocenters. The van der Waals surface area contributed by atoms with Crippen LogP contribution in [0.15, 0.2) is 78.9 Å². The second-order valence-electron chi connectivity index (χ2n) is 9.77. The van der Waals surface area contributed by atoms with E-state index in [-0.39, 0.29) is 5.97 Å². The van der Waals surface area contributed by atoms with Crippen molar-refractivity contribution in [3.05, 3.63) is 90.0 Å². The number of esters is 1. The molecule has 4 nitrogen and oxygen atoms in total. The number of aryl methyl sites for hydroxylation is 1. The van der Waals surface area contributed by atoms with Gasteiger partial charge >= 0.3 is 5.97 Å². The van der Waals surface area contributed by atoms with Gasteiger partial charge in [-0.1, -0.05) is 72.3 Å². The van der Waals surface area contributed by atoms with Gasteiger partial charge in [-0.2, -0.15) is 0 Å². The molecule has 1 heterocycles. The number of hydrogen-bond acceptors (Lipinski definition) is 4. The van der Waals surface area contributed by atoms with E-state index < -0.39 is 5.41 Å². The predicted octanol–water partition coefficient (Wildman–Crippen LogP) is 6.09. The molecule has 0 amide bonds. The molecule has 1 saturated heterocycles. The number of piperazine rings is 1. The molecular formula is C31H38N2O2. The van der Waals surface area contributed by atoms with Crippen LogP contribution in [0.2, 0.25) is 0 Å². The Kier molecular flexibility index (Phi) is 8.25. The molecule has 1 atom stereocenters. The lowest BCUT2D eigenvalue weighted by Gasteiger charge is -2.37. The number of rotatable bonds is 9. The van der Waals surface area contributed by atoms with Crippen LogP contribution in [0, 0.1) is 6.92 Å². The highest BCUT2D eigenvalue weighted by Crippen LogP contribution is 2.31. The first-order valence-corrected chi connectivity index (χ1v) is 12.9. The third-order valence-corrected chi connectivity index (χ3v) is 7.22. The first-order valence-electron chi connectivity index (χ1n) is 12.9. The first kappa shape index (κ1) is 25.0. The second-order valence-corrected chi connectivity index (χ2v) is 9.77. The molecule has 1 fully saturated rings. The van der Waals surface area contributed by atoms with E-state index in [1.54, 1.807) is 0 Å². The van der Waals surface area contributed by atoms with Gasteiger partial charge in [0.15, 0.2) is 0 Å². The maximum atomic E-state index is 12.9. The number of nitrogens with zero attached hydrogens (tertiary/aromatic N) is 2. The van der Waals surface area contributed by atoms with Gasteiger partial charge in [0.1, 0.15) is 0 Å². The third-order valence-electron chi connectivity index (χ3n) is 7.22. The lowest BCUT2D eigenvalue weighted by molar-refractivity contribution is -0.149. The minimum Gasteiger partial charge on any atom is -0.465 e. The number of carbonyl (C=O) groups is 1. The molecular weight excluding hydrogens is 432 g/mol. The summed E-state index contributed by atoms with van der Waals surface area (Å²) in [6, 6.07) is 27.7. The number of benzene rings is 3. The average Bonchev–Trinajstić information content (AvgIpc) is 2.90. The van der Waals surface area contributed by atoms with Crippen LogP contribution in [0.1, 0.15) is 37.8 Å². The van der Waals surface area contributed by atoms with Crippen molar-refractivity contribution in [2.75, 3.05) is 44.2 Å². The summed E-state index contributed by atoms with van der Waals surface area (Å²) in [5.41, 5.74) is 5.56. The normalized spacial score (nSPS) is 16.0. The Morgan fingerprint density at radius 3 is 2.26 bits per heavy atom. The van der Waals surface area contributed by atoms with Gasteiger partial charge in [0.2, 0.25) is 0 Å². The molecule has 4 rings (SSSR count). The summed E-state index contributed by atoms with van der Waals surface area (Å²) in [4.78, 5) is 17.9. The lowest BCUT2D eigenvalue weighted by Crippen LogP contribution is -2.47. The number of hydrogen-bond donors (Lipinski definition) is 0. The molecule has 3 aromatic rings. The van der Waals surface area contributed by atoms with Crippen LogP contribution in [0.4, 0.5) is 5.69 Å².